The summed E-state index contributed by atoms with van der Waals surface area (Å²) >= 11 is 0. The van der Waals surface area contributed by atoms with Crippen molar-refractivity contribution in [1.29, 1.82) is 0 Å². The lowest BCUT2D eigenvalue weighted by Crippen LogP contribution is -2.68. The molecule has 0 aromatic carbocycles. The number of hydrogen-bond donors (Lipinski definition) is 0. The van der Waals surface area contributed by atoms with Crippen molar-refractivity contribution in [1.82, 2.24) is 0 Å². The summed E-state index contributed by atoms with van der Waals surface area (Å²) in [5.74, 6) is -2.05. The number of hydrogen-bond acceptors (Lipinski definition) is 8. The molecular weight excluding hydrogens is 416 g/mol. The lowest BCUT2D eigenvalue weighted by molar-refractivity contribution is -0.313. The topological polar surface area (TPSA) is 101 Å². The van der Waals surface area contributed by atoms with Gasteiger partial charge in [-0.3, -0.25) is 9.59 Å². The number of carbonyl (C=O) groups is 3. The van der Waals surface area contributed by atoms with E-state index in [1.54, 1.807) is 21.0 Å². The van der Waals surface area contributed by atoms with Gasteiger partial charge in [-0.2, -0.15) is 0 Å². The maximum atomic E-state index is 13.5. The van der Waals surface area contributed by atoms with Crippen LogP contribution in [0.3, 0.4) is 0 Å². The highest BCUT2D eigenvalue weighted by Crippen LogP contribution is 2.67. The van der Waals surface area contributed by atoms with E-state index < -0.39 is 46.0 Å². The first-order valence-electron chi connectivity index (χ1n) is 11.6. The molecule has 0 radical (unpaired) electrons. The van der Waals surface area contributed by atoms with Gasteiger partial charge < -0.3 is 28.5 Å². The summed E-state index contributed by atoms with van der Waals surface area (Å²) in [4.78, 5) is 39.0. The van der Waals surface area contributed by atoms with Gasteiger partial charge in [0.25, 0.3) is 0 Å². The molecule has 8 nitrogen and oxygen atoms in total. The molecule has 178 valence electrons. The molecule has 0 amide bonds. The Morgan fingerprint density at radius 1 is 1.06 bits per heavy atom. The van der Waals surface area contributed by atoms with Crippen LogP contribution in [-0.4, -0.2) is 73.0 Å². The third kappa shape index (κ3) is 2.64. The molecule has 5 fully saturated rings. The third-order valence-corrected chi connectivity index (χ3v) is 9.04. The minimum absolute atomic E-state index is 0.00394. The fourth-order valence-electron chi connectivity index (χ4n) is 7.25. The normalized spacial score (nSPS) is 50.2. The van der Waals surface area contributed by atoms with Crippen molar-refractivity contribution < 1.29 is 38.1 Å². The van der Waals surface area contributed by atoms with Crippen LogP contribution in [0.25, 0.3) is 0 Å². The van der Waals surface area contributed by atoms with Crippen LogP contribution in [0.1, 0.15) is 54.4 Å². The van der Waals surface area contributed by atoms with Crippen molar-refractivity contribution in [3.05, 3.63) is 0 Å². The highest BCUT2D eigenvalue weighted by atomic mass is 16.7. The van der Waals surface area contributed by atoms with E-state index >= 15 is 0 Å². The number of epoxide rings is 1. The van der Waals surface area contributed by atoms with E-state index in [2.05, 4.69) is 0 Å². The summed E-state index contributed by atoms with van der Waals surface area (Å²) in [6, 6.07) is 0. The van der Waals surface area contributed by atoms with Gasteiger partial charge in [0.05, 0.1) is 30.3 Å². The number of ether oxygens (including phenoxy) is 5. The number of ketones is 3. The van der Waals surface area contributed by atoms with Gasteiger partial charge in [-0.1, -0.05) is 6.92 Å². The Labute approximate surface area is 188 Å². The minimum atomic E-state index is -1.17. The largest absolute Gasteiger partial charge is 0.374 e. The molecule has 0 N–H and O–H groups in total. The highest BCUT2D eigenvalue weighted by molar-refractivity contribution is 6.41. The van der Waals surface area contributed by atoms with Gasteiger partial charge >= 0.3 is 0 Å². The van der Waals surface area contributed by atoms with Gasteiger partial charge in [0, 0.05) is 30.8 Å². The van der Waals surface area contributed by atoms with Gasteiger partial charge in [-0.05, 0) is 41.0 Å². The van der Waals surface area contributed by atoms with Crippen LogP contribution < -0.4 is 0 Å². The second-order valence-corrected chi connectivity index (χ2v) is 11.4. The van der Waals surface area contributed by atoms with Gasteiger partial charge in [0.2, 0.25) is 11.6 Å². The Morgan fingerprint density at radius 2 is 1.75 bits per heavy atom. The lowest BCUT2D eigenvalue weighted by Gasteiger charge is -2.55. The number of Topliss-reactive ketones (excluding diaryl/α,β-unsaturated/α-hetero) is 3. The molecule has 9 atom stereocenters. The number of carbonyl (C=O) groups excluding carboxylic acids is 3. The minimum Gasteiger partial charge on any atom is -0.374 e. The van der Waals surface area contributed by atoms with Crippen molar-refractivity contribution in [2.24, 2.45) is 22.7 Å². The van der Waals surface area contributed by atoms with Crippen LogP contribution in [0.2, 0.25) is 0 Å². The quantitative estimate of drug-likeness (QED) is 0.473. The van der Waals surface area contributed by atoms with E-state index in [1.807, 2.05) is 20.8 Å². The molecule has 0 unspecified atom stereocenters. The Balaban J connectivity index is 1.66. The molecule has 0 spiro atoms. The molecule has 4 heterocycles. The fourth-order valence-corrected chi connectivity index (χ4v) is 7.25. The van der Waals surface area contributed by atoms with Crippen LogP contribution in [0, 0.1) is 22.7 Å². The van der Waals surface area contributed by atoms with Gasteiger partial charge in [0.1, 0.15) is 23.6 Å². The number of rotatable bonds is 4. The molecule has 8 heteroatoms. The van der Waals surface area contributed by atoms with E-state index in [1.165, 1.54) is 6.92 Å². The summed E-state index contributed by atoms with van der Waals surface area (Å²) in [6.45, 7) is 11.2. The lowest BCUT2D eigenvalue weighted by atomic mass is 9.51. The first-order chi connectivity index (χ1) is 14.8. The van der Waals surface area contributed by atoms with Crippen LogP contribution in [0.15, 0.2) is 0 Å². The summed E-state index contributed by atoms with van der Waals surface area (Å²) in [5.41, 5.74) is -3.02. The zero-order valence-corrected chi connectivity index (χ0v) is 19.9. The maximum absolute atomic E-state index is 13.5. The van der Waals surface area contributed by atoms with Gasteiger partial charge in [0.15, 0.2) is 5.79 Å². The molecule has 0 aromatic rings. The molecule has 1 aliphatic carbocycles. The summed E-state index contributed by atoms with van der Waals surface area (Å²) in [5, 5.41) is 0. The predicted octanol–water partition coefficient (Wildman–Crippen LogP) is 1.86. The van der Waals surface area contributed by atoms with Crippen LogP contribution in [0.5, 0.6) is 0 Å². The van der Waals surface area contributed by atoms with E-state index in [9.17, 15) is 14.4 Å². The average molecular weight is 451 g/mol. The molecule has 2 bridgehead atoms. The SMILES string of the molecule is CO[C@]1(CCC(C)=O)[C@H]2O[C@@H](C(=O)C(=O)C1(C)C)[C@@]1(C)[C@@H]2[C@@H]2COC(C)(C)O[C@H]2[C@H]2O[C@H]21. The highest BCUT2D eigenvalue weighted by Gasteiger charge is 2.80. The maximum Gasteiger partial charge on any atom is 0.228 e. The van der Waals surface area contributed by atoms with Crippen molar-refractivity contribution in [2.75, 3.05) is 13.7 Å². The van der Waals surface area contributed by atoms with Crippen molar-refractivity contribution >= 4 is 17.3 Å². The predicted molar refractivity (Wildman–Crippen MR) is 111 cm³/mol. The zero-order chi connectivity index (χ0) is 23.4. The van der Waals surface area contributed by atoms with E-state index in [-0.39, 0.29) is 48.8 Å². The molecule has 0 aromatic heterocycles. The molecule has 4 saturated heterocycles. The Morgan fingerprint density at radius 3 is 2.38 bits per heavy atom. The molecule has 4 aliphatic heterocycles. The van der Waals surface area contributed by atoms with Crippen molar-refractivity contribution in [3.63, 3.8) is 0 Å². The second-order valence-electron chi connectivity index (χ2n) is 11.4. The molecule has 1 saturated carbocycles. The molecule has 5 aliphatic rings. The van der Waals surface area contributed by atoms with E-state index in [4.69, 9.17) is 23.7 Å². The zero-order valence-electron chi connectivity index (χ0n) is 19.9. The summed E-state index contributed by atoms with van der Waals surface area (Å²) in [6.07, 6.45) is -1.57. The standard InChI is InChI=1S/C24H34O8/c1-11(25)8-9-24(28-7)18-13-12-10-29-22(4,5)32-15(12)16-20(30-16)23(13,6)19(31-18)14(26)17(27)21(24,2)3/h12-13,15-16,18-20H,8-10H2,1-7H3/t12-,13+,15+,16+,18-,19-,20+,23+,24+/m0/s1. The van der Waals surface area contributed by atoms with Crippen LogP contribution >= 0.6 is 0 Å². The average Bonchev–Trinajstić information content (AvgIpc) is 3.47. The van der Waals surface area contributed by atoms with Gasteiger partial charge in [-0.25, -0.2) is 0 Å². The van der Waals surface area contributed by atoms with E-state index in [0.717, 1.165) is 0 Å². The number of fused-ring (bicyclic) bond motifs is 10. The van der Waals surface area contributed by atoms with Gasteiger partial charge in [-0.15, -0.1) is 0 Å². The fraction of sp³-hybridized carbons (Fsp3) is 0.875. The second kappa shape index (κ2) is 6.69. The Kier molecular flexibility index (Phi) is 4.72. The van der Waals surface area contributed by atoms with Crippen molar-refractivity contribution in [2.45, 2.75) is 96.3 Å². The van der Waals surface area contributed by atoms with Crippen LogP contribution in [-0.2, 0) is 38.1 Å². The monoisotopic (exact) mass is 450 g/mol. The number of methoxy groups -OCH3 is 1. The van der Waals surface area contributed by atoms with Crippen molar-refractivity contribution in [3.8, 4) is 0 Å². The Bertz CT molecular complexity index is 879. The first kappa shape index (κ1) is 22.6. The van der Waals surface area contributed by atoms with Crippen LogP contribution in [0.4, 0.5) is 0 Å². The molecule has 5 rings (SSSR count). The van der Waals surface area contributed by atoms with E-state index in [0.29, 0.717) is 6.61 Å². The molecular formula is C24H34O8. The smallest absolute Gasteiger partial charge is 0.228 e. The summed E-state index contributed by atoms with van der Waals surface area (Å²) in [7, 11) is 1.55. The molecule has 32 heavy (non-hydrogen) atoms. The Hall–Kier alpha value is -1.19. The summed E-state index contributed by atoms with van der Waals surface area (Å²) < 4.78 is 31.2. The third-order valence-electron chi connectivity index (χ3n) is 9.04. The first-order valence-corrected chi connectivity index (χ1v) is 11.6.